The number of hydrogen-bond donors (Lipinski definition) is 15. The molecule has 0 radical (unpaired) electrons. The molecule has 0 spiro atoms. The van der Waals surface area contributed by atoms with Crippen LogP contribution in [0.25, 0.3) is 0 Å². The summed E-state index contributed by atoms with van der Waals surface area (Å²) in [5.74, 6) is -3.14. The van der Waals surface area contributed by atoms with Crippen LogP contribution < -0.4 is 27.0 Å². The first-order valence-corrected chi connectivity index (χ1v) is 29.3. The second-order valence-electron chi connectivity index (χ2n) is 20.1. The number of carbonyl (C=O) groups excluding carboxylic acids is 6. The highest BCUT2D eigenvalue weighted by atomic mass is 31.2. The molecule has 0 aromatic carbocycles. The summed E-state index contributed by atoms with van der Waals surface area (Å²) >= 11 is 0. The lowest BCUT2D eigenvalue weighted by Crippen LogP contribution is -2.64. The average molecular weight is 1180 g/mol. The number of ether oxygens (including phenoxy) is 6. The molecule has 31 nitrogen and oxygen atoms in total. The summed E-state index contributed by atoms with van der Waals surface area (Å²) in [7, 11) is -3.14. The molecular formula is C48H88N7O24P. The predicted molar refractivity (Wildman–Crippen MR) is 276 cm³/mol. The van der Waals surface area contributed by atoms with Gasteiger partial charge in [-0.05, 0) is 38.5 Å². The maximum Gasteiger partial charge on any atom is 0.253 e. The molecular weight excluding hydrogens is 1090 g/mol. The lowest BCUT2D eigenvalue weighted by Gasteiger charge is -2.42. The minimum absolute atomic E-state index is 0.000807. The predicted octanol–water partition coefficient (Wildman–Crippen LogP) is -6.99. The summed E-state index contributed by atoms with van der Waals surface area (Å²) < 4.78 is 51.2. The standard InChI is InChI=1S/C48H88N7O24P/c1-27(59)52-37-43(69)40(66)31(24-57)78-47(37)74-21-9-6-12-34(63)51-15-17-55(45(71)29(61)26-76-80(3,4)72)19-18-54(16-14-50-33(62)11-5-8-20-73-46-36(49)42(68)39(65)30(23-56)77-46)35(64)13-7-10-22-75-48-38(53-28(2)60)44(70)41(67)32(25-58)79-48/h29-32,36-44,46-48,56-58,61,65-70H,5-26,49H2,1-4H3,(H,50,62)(H,51,63)(H,52,59)(H,53,60)/t29?,30?,31?,32?,36?,37?,38?,39-,40-,41-,42+,43+,44+,46+,47+,48+/m0/s1. The zero-order chi connectivity index (χ0) is 59.7. The van der Waals surface area contributed by atoms with E-state index in [1.807, 2.05) is 0 Å². The Hall–Kier alpha value is -3.67. The highest BCUT2D eigenvalue weighted by Crippen LogP contribution is 2.37. The summed E-state index contributed by atoms with van der Waals surface area (Å²) in [6, 6.07) is -3.41. The van der Waals surface area contributed by atoms with E-state index in [-0.39, 0.29) is 104 Å². The zero-order valence-electron chi connectivity index (χ0n) is 45.9. The van der Waals surface area contributed by atoms with Gasteiger partial charge in [0.05, 0.1) is 32.5 Å². The molecule has 7 unspecified atom stereocenters. The normalized spacial score (nSPS) is 29.3. The summed E-state index contributed by atoms with van der Waals surface area (Å²) in [6.45, 7) is 1.85. The van der Waals surface area contributed by atoms with Gasteiger partial charge in [-0.3, -0.25) is 33.3 Å². The van der Waals surface area contributed by atoms with E-state index >= 15 is 0 Å². The molecule has 32 heteroatoms. The molecule has 0 aromatic heterocycles. The van der Waals surface area contributed by atoms with Gasteiger partial charge in [-0.2, -0.15) is 0 Å². The number of nitrogens with two attached hydrogens (primary N) is 1. The van der Waals surface area contributed by atoms with Gasteiger partial charge in [-0.25, -0.2) is 0 Å². The largest absolute Gasteiger partial charge is 0.394 e. The fourth-order valence-electron chi connectivity index (χ4n) is 8.69. The number of rotatable bonds is 36. The van der Waals surface area contributed by atoms with Crippen LogP contribution in [0.1, 0.15) is 71.6 Å². The third kappa shape index (κ3) is 23.9. The molecule has 3 fully saturated rings. The maximum atomic E-state index is 13.9. The highest BCUT2D eigenvalue weighted by molar-refractivity contribution is 7.57. The molecule has 0 saturated carbocycles. The monoisotopic (exact) mass is 1180 g/mol. The Morgan fingerprint density at radius 2 is 0.950 bits per heavy atom. The number of nitrogens with one attached hydrogen (secondary N) is 4. The minimum atomic E-state index is -3.14. The Balaban J connectivity index is 1.63. The van der Waals surface area contributed by atoms with Crippen molar-refractivity contribution in [3.8, 4) is 0 Å². The van der Waals surface area contributed by atoms with Gasteiger partial charge in [-0.1, -0.05) is 0 Å². The number of amides is 6. The topological polar surface area (TPSA) is 467 Å². The smallest absolute Gasteiger partial charge is 0.253 e. The van der Waals surface area contributed by atoms with Gasteiger partial charge in [0.15, 0.2) is 32.3 Å². The Bertz CT molecular complexity index is 1950. The Morgan fingerprint density at radius 3 is 1.38 bits per heavy atom. The van der Waals surface area contributed by atoms with Crippen molar-refractivity contribution in [2.75, 3.05) is 98.8 Å². The second-order valence-corrected chi connectivity index (χ2v) is 22.9. The molecule has 3 aliphatic rings. The number of hydrogen-bond acceptors (Lipinski definition) is 25. The molecule has 16 N–H and O–H groups in total. The number of nitrogens with zero attached hydrogens (tertiary/aromatic N) is 2. The van der Waals surface area contributed by atoms with E-state index in [2.05, 4.69) is 21.3 Å². The molecule has 464 valence electrons. The number of aliphatic hydroxyl groups is 10. The second kappa shape index (κ2) is 36.1. The third-order valence-corrected chi connectivity index (χ3v) is 14.0. The van der Waals surface area contributed by atoms with E-state index in [0.717, 1.165) is 0 Å². The molecule has 16 atom stereocenters. The number of unbranched alkanes of at least 4 members (excludes halogenated alkanes) is 3. The SMILES string of the molecule is CC(=O)NC1[C@H](OCCCCC(=O)NCCN(CCN(CCNC(=O)CCCCO[C@@H]2OC(CO)[C@H](O)[C@H](O)C2N)C(=O)CCCCO[C@@H]2OC(CO)[C@H](O)[C@H](O)C2NC(C)=O)C(=O)C(O)COP(C)(C)=O)OC(CO)[C@H](O)[C@@H]1O. The van der Waals surface area contributed by atoms with Crippen LogP contribution in [0.5, 0.6) is 0 Å². The average Bonchev–Trinajstić information content (AvgIpc) is 3.40. The lowest BCUT2D eigenvalue weighted by atomic mass is 9.97. The van der Waals surface area contributed by atoms with Crippen molar-refractivity contribution in [2.24, 2.45) is 5.73 Å². The molecule has 3 heterocycles. The van der Waals surface area contributed by atoms with Crippen LogP contribution in [-0.2, 0) is 66.3 Å². The molecule has 80 heavy (non-hydrogen) atoms. The van der Waals surface area contributed by atoms with Crippen molar-refractivity contribution in [1.82, 2.24) is 31.1 Å². The summed E-state index contributed by atoms with van der Waals surface area (Å²) in [5, 5.41) is 112. The van der Waals surface area contributed by atoms with Crippen LogP contribution in [0.3, 0.4) is 0 Å². The van der Waals surface area contributed by atoms with Crippen LogP contribution in [0, 0.1) is 0 Å². The van der Waals surface area contributed by atoms with Crippen molar-refractivity contribution >= 4 is 42.8 Å². The van der Waals surface area contributed by atoms with Gasteiger partial charge < -0.3 is 121 Å². The highest BCUT2D eigenvalue weighted by Gasteiger charge is 2.47. The molecule has 3 rings (SSSR count). The summed E-state index contributed by atoms with van der Waals surface area (Å²) in [6.07, 6.45) is -16.0. The van der Waals surface area contributed by atoms with Crippen LogP contribution in [0.4, 0.5) is 0 Å². The van der Waals surface area contributed by atoms with E-state index in [9.17, 15) is 84.4 Å². The Morgan fingerprint density at radius 1 is 0.562 bits per heavy atom. The summed E-state index contributed by atoms with van der Waals surface area (Å²) in [5.41, 5.74) is 5.92. The van der Waals surface area contributed by atoms with Crippen LogP contribution >= 0.6 is 7.37 Å². The first kappa shape index (κ1) is 70.6. The van der Waals surface area contributed by atoms with E-state index in [4.69, 9.17) is 38.7 Å². The first-order valence-electron chi connectivity index (χ1n) is 26.8. The van der Waals surface area contributed by atoms with Gasteiger partial charge in [0.2, 0.25) is 29.5 Å². The molecule has 3 saturated heterocycles. The van der Waals surface area contributed by atoms with Crippen LogP contribution in [-0.4, -0.2) is 293 Å². The fourth-order valence-corrected chi connectivity index (χ4v) is 9.19. The van der Waals surface area contributed by atoms with Crippen molar-refractivity contribution in [3.63, 3.8) is 0 Å². The number of aliphatic hydroxyl groups excluding tert-OH is 10. The molecule has 0 aliphatic carbocycles. The molecule has 0 bridgehead atoms. The Kier molecular flexibility index (Phi) is 31.9. The summed E-state index contributed by atoms with van der Waals surface area (Å²) in [4.78, 5) is 79.6. The molecule has 3 aliphatic heterocycles. The van der Waals surface area contributed by atoms with Gasteiger partial charge in [0.25, 0.3) is 5.91 Å². The minimum Gasteiger partial charge on any atom is -0.394 e. The van der Waals surface area contributed by atoms with Gasteiger partial charge in [0.1, 0.15) is 67.0 Å². The van der Waals surface area contributed by atoms with Gasteiger partial charge in [-0.15, -0.1) is 0 Å². The lowest BCUT2D eigenvalue weighted by molar-refractivity contribution is -0.270. The Labute approximate surface area is 464 Å². The van der Waals surface area contributed by atoms with Crippen molar-refractivity contribution < 1.29 is 117 Å². The first-order chi connectivity index (χ1) is 37.8. The fraction of sp³-hybridized carbons (Fsp3) is 0.875. The van der Waals surface area contributed by atoms with E-state index < -0.39 is 161 Å². The number of carbonyl (C=O) groups is 6. The molecule has 0 aromatic rings. The van der Waals surface area contributed by atoms with Crippen molar-refractivity contribution in [3.05, 3.63) is 0 Å². The van der Waals surface area contributed by atoms with E-state index in [1.165, 1.54) is 37.0 Å². The van der Waals surface area contributed by atoms with E-state index in [1.54, 1.807) is 0 Å². The quantitative estimate of drug-likeness (QED) is 0.0205. The zero-order valence-corrected chi connectivity index (χ0v) is 46.8. The van der Waals surface area contributed by atoms with Crippen molar-refractivity contribution in [2.45, 2.75) is 170 Å². The molecule has 6 amide bonds. The van der Waals surface area contributed by atoms with Crippen LogP contribution in [0.15, 0.2) is 0 Å². The van der Waals surface area contributed by atoms with Crippen LogP contribution in [0.2, 0.25) is 0 Å². The third-order valence-electron chi connectivity index (χ3n) is 13.2. The maximum absolute atomic E-state index is 13.9. The van der Waals surface area contributed by atoms with Gasteiger partial charge >= 0.3 is 0 Å². The van der Waals surface area contributed by atoms with Gasteiger partial charge in [0, 0.05) is 106 Å². The van der Waals surface area contributed by atoms with E-state index in [0.29, 0.717) is 19.3 Å². The van der Waals surface area contributed by atoms with Crippen molar-refractivity contribution in [1.29, 1.82) is 0 Å².